The van der Waals surface area contributed by atoms with E-state index < -0.39 is 0 Å². The van der Waals surface area contributed by atoms with Crippen molar-refractivity contribution in [1.82, 2.24) is 4.33 Å². The summed E-state index contributed by atoms with van der Waals surface area (Å²) in [6.45, 7) is 0. The van der Waals surface area contributed by atoms with Gasteiger partial charge in [-0.15, -0.1) is 0 Å². The molecule has 0 aliphatic carbocycles. The third-order valence-corrected chi connectivity index (χ3v) is 2.46. The van der Waals surface area contributed by atoms with Crippen LogP contribution in [0.15, 0.2) is 24.3 Å². The van der Waals surface area contributed by atoms with E-state index in [1.165, 1.54) is 5.69 Å². The Balaban J connectivity index is 2.54. The first-order valence-corrected chi connectivity index (χ1v) is 4.31. The average Bonchev–Trinajstić information content (AvgIpc) is 2.33. The van der Waals surface area contributed by atoms with Crippen LogP contribution in [0.1, 0.15) is 0 Å². The number of fused-ring (bicyclic) bond motifs is 1. The topological polar surface area (TPSA) is 26.1 Å². The number of para-hydroxylation sites is 1. The Bertz CT molecular complexity index is 201. The molecular formula is C6H5N2Se. The van der Waals surface area contributed by atoms with E-state index in [0.29, 0.717) is 0 Å². The normalized spacial score (nSPS) is 13.8. The number of hydrogen-bond donors (Lipinski definition) is 1. The number of rotatable bonds is 0. The fourth-order valence-electron chi connectivity index (χ4n) is 0.761. The van der Waals surface area contributed by atoms with Crippen molar-refractivity contribution < 1.29 is 0 Å². The van der Waals surface area contributed by atoms with E-state index in [0.717, 1.165) is 5.69 Å². The zero-order chi connectivity index (χ0) is 6.10. The van der Waals surface area contributed by atoms with Crippen LogP contribution >= 0.6 is 0 Å². The van der Waals surface area contributed by atoms with Crippen molar-refractivity contribution in [1.29, 1.82) is 0 Å². The van der Waals surface area contributed by atoms with Crippen LogP contribution in [-0.2, 0) is 0 Å². The van der Waals surface area contributed by atoms with Crippen molar-refractivity contribution in [2.75, 3.05) is 4.33 Å². The number of benzene rings is 1. The number of anilines is 1. The first-order chi connectivity index (χ1) is 4.47. The van der Waals surface area contributed by atoms with Crippen LogP contribution in [0.5, 0.6) is 0 Å². The molecule has 2 nitrogen and oxygen atoms in total. The molecule has 0 amide bonds. The van der Waals surface area contributed by atoms with Gasteiger partial charge in [0.15, 0.2) is 0 Å². The molecule has 0 saturated carbocycles. The SMILES string of the molecule is c1ccc2c(c1)[N][Se]N2. The van der Waals surface area contributed by atoms with Gasteiger partial charge in [0.05, 0.1) is 0 Å². The molecule has 0 atom stereocenters. The molecule has 0 aromatic heterocycles. The molecule has 1 radical (unpaired) electrons. The Morgan fingerprint density at radius 3 is 3.11 bits per heavy atom. The molecule has 1 aromatic carbocycles. The fourth-order valence-corrected chi connectivity index (χ4v) is 1.97. The molecule has 0 saturated heterocycles. The predicted octanol–water partition coefficient (Wildman–Crippen LogP) is 0.882. The Hall–Kier alpha value is -0.661. The molecule has 0 bridgehead atoms. The van der Waals surface area contributed by atoms with Crippen molar-refractivity contribution in [3.05, 3.63) is 24.3 Å². The van der Waals surface area contributed by atoms with E-state index in [4.69, 9.17) is 0 Å². The van der Waals surface area contributed by atoms with Crippen molar-refractivity contribution >= 4 is 26.8 Å². The third kappa shape index (κ3) is 0.784. The van der Waals surface area contributed by atoms with Gasteiger partial charge < -0.3 is 0 Å². The molecule has 3 heteroatoms. The van der Waals surface area contributed by atoms with E-state index in [1.807, 2.05) is 24.3 Å². The molecule has 1 aliphatic rings. The molecule has 45 valence electrons. The van der Waals surface area contributed by atoms with Gasteiger partial charge in [0.25, 0.3) is 0 Å². The second-order valence-corrected chi connectivity index (χ2v) is 3.00. The van der Waals surface area contributed by atoms with Gasteiger partial charge in [0, 0.05) is 0 Å². The Kier molecular flexibility index (Phi) is 1.11. The Morgan fingerprint density at radius 1 is 1.33 bits per heavy atom. The van der Waals surface area contributed by atoms with Crippen LogP contribution in [0.3, 0.4) is 0 Å². The second-order valence-electron chi connectivity index (χ2n) is 1.80. The van der Waals surface area contributed by atoms with Crippen LogP contribution in [0.2, 0.25) is 0 Å². The van der Waals surface area contributed by atoms with Gasteiger partial charge in [0.1, 0.15) is 0 Å². The fraction of sp³-hybridized carbons (Fsp3) is 0. The molecule has 1 heterocycles. The first kappa shape index (κ1) is 5.15. The van der Waals surface area contributed by atoms with Crippen LogP contribution in [0.25, 0.3) is 0 Å². The summed E-state index contributed by atoms with van der Waals surface area (Å²) >= 11 is 0.254. The predicted molar refractivity (Wildman–Crippen MR) is 37.6 cm³/mol. The van der Waals surface area contributed by atoms with E-state index in [1.54, 1.807) is 0 Å². The van der Waals surface area contributed by atoms with Crippen LogP contribution in [0.4, 0.5) is 11.4 Å². The van der Waals surface area contributed by atoms with Crippen molar-refractivity contribution in [2.24, 2.45) is 0 Å². The van der Waals surface area contributed by atoms with E-state index in [9.17, 15) is 0 Å². The van der Waals surface area contributed by atoms with Crippen LogP contribution in [-0.4, -0.2) is 15.4 Å². The molecule has 1 N–H and O–H groups in total. The van der Waals surface area contributed by atoms with E-state index >= 15 is 0 Å². The maximum absolute atomic E-state index is 4.25. The van der Waals surface area contributed by atoms with Crippen LogP contribution < -0.4 is 8.67 Å². The van der Waals surface area contributed by atoms with E-state index in [2.05, 4.69) is 8.67 Å². The number of nitrogens with zero attached hydrogens (tertiary/aromatic N) is 1. The first-order valence-electron chi connectivity index (χ1n) is 2.69. The molecule has 0 unspecified atom stereocenters. The number of nitrogens with one attached hydrogen (secondary N) is 1. The summed E-state index contributed by atoms with van der Waals surface area (Å²) in [5, 5.41) is 0. The number of hydrogen-bond acceptors (Lipinski definition) is 1. The van der Waals surface area contributed by atoms with Crippen molar-refractivity contribution in [2.45, 2.75) is 0 Å². The second kappa shape index (κ2) is 1.94. The Morgan fingerprint density at radius 2 is 2.22 bits per heavy atom. The summed E-state index contributed by atoms with van der Waals surface area (Å²) in [5.74, 6) is 0. The maximum atomic E-state index is 4.25. The summed E-state index contributed by atoms with van der Waals surface area (Å²) in [7, 11) is 0. The zero-order valence-corrected chi connectivity index (χ0v) is 6.38. The Labute approximate surface area is 60.2 Å². The van der Waals surface area contributed by atoms with Gasteiger partial charge in [-0.3, -0.25) is 0 Å². The van der Waals surface area contributed by atoms with Gasteiger partial charge in [-0.05, 0) is 0 Å². The van der Waals surface area contributed by atoms with Crippen molar-refractivity contribution in [3.8, 4) is 0 Å². The summed E-state index contributed by atoms with van der Waals surface area (Å²) in [4.78, 5) is 0. The molecule has 0 fully saturated rings. The molecule has 1 aromatic rings. The van der Waals surface area contributed by atoms with Gasteiger partial charge in [-0.1, -0.05) is 0 Å². The van der Waals surface area contributed by atoms with Crippen molar-refractivity contribution in [3.63, 3.8) is 0 Å². The quantitative estimate of drug-likeness (QED) is 0.595. The minimum absolute atomic E-state index is 0.254. The van der Waals surface area contributed by atoms with Gasteiger partial charge in [-0.25, -0.2) is 0 Å². The molecular weight excluding hydrogens is 179 g/mol. The molecule has 9 heavy (non-hydrogen) atoms. The standard InChI is InChI=1S/C6H5N2Se/c1-2-4-6-5(3-1)7-9-8-6/h1-4,7H. The summed E-state index contributed by atoms with van der Waals surface area (Å²) < 4.78 is 7.45. The average molecular weight is 184 g/mol. The summed E-state index contributed by atoms with van der Waals surface area (Å²) in [5.41, 5.74) is 2.29. The zero-order valence-electron chi connectivity index (χ0n) is 4.66. The summed E-state index contributed by atoms with van der Waals surface area (Å²) in [6.07, 6.45) is 0. The summed E-state index contributed by atoms with van der Waals surface area (Å²) in [6, 6.07) is 8.10. The monoisotopic (exact) mass is 185 g/mol. The van der Waals surface area contributed by atoms with Gasteiger partial charge in [0.2, 0.25) is 0 Å². The van der Waals surface area contributed by atoms with Crippen LogP contribution in [0, 0.1) is 0 Å². The molecule has 0 spiro atoms. The molecule has 1 aliphatic heterocycles. The van der Waals surface area contributed by atoms with Gasteiger partial charge in [-0.2, -0.15) is 0 Å². The van der Waals surface area contributed by atoms with Gasteiger partial charge >= 0.3 is 59.7 Å². The third-order valence-electron chi connectivity index (χ3n) is 1.20. The molecule has 2 rings (SSSR count). The van der Waals surface area contributed by atoms with E-state index in [-0.39, 0.29) is 15.4 Å². The minimum atomic E-state index is 0.254.